The molecule has 0 amide bonds. The van der Waals surface area contributed by atoms with Crippen LogP contribution in [0.2, 0.25) is 0 Å². The van der Waals surface area contributed by atoms with Crippen molar-refractivity contribution >= 4 is 22.0 Å². The second-order valence-electron chi connectivity index (χ2n) is 4.25. The van der Waals surface area contributed by atoms with Gasteiger partial charge in [0.05, 0.1) is 17.4 Å². The van der Waals surface area contributed by atoms with E-state index in [1.807, 2.05) is 0 Å². The molecular formula is C12H15NO6S. The number of hydrogen-bond donors (Lipinski definition) is 2. The van der Waals surface area contributed by atoms with Crippen LogP contribution >= 0.6 is 0 Å². The molecule has 7 nitrogen and oxygen atoms in total. The molecule has 0 aliphatic carbocycles. The molecule has 0 radical (unpaired) electrons. The molecule has 110 valence electrons. The number of hydrogen-bond acceptors (Lipinski definition) is 4. The fourth-order valence-corrected chi connectivity index (χ4v) is 2.22. The third-order valence-electron chi connectivity index (χ3n) is 2.67. The van der Waals surface area contributed by atoms with Crippen LogP contribution in [-0.2, 0) is 10.0 Å². The number of carbonyl (C=O) groups is 2. The molecule has 0 saturated carbocycles. The Hall–Kier alpha value is -1.93. The van der Waals surface area contributed by atoms with Crippen LogP contribution in [0.4, 0.5) is 0 Å². The van der Waals surface area contributed by atoms with Gasteiger partial charge in [-0.2, -0.15) is 4.31 Å². The minimum absolute atomic E-state index is 0.0277. The SMILES string of the molecule is CS(=O)(=O)N1CC1.Cc1c(C(=O)O)cccc1C(=O)O. The van der Waals surface area contributed by atoms with Crippen molar-refractivity contribution in [2.24, 2.45) is 0 Å². The average Bonchev–Trinajstić information content (AvgIpc) is 3.11. The molecule has 1 fully saturated rings. The number of aromatic carboxylic acids is 2. The summed E-state index contributed by atoms with van der Waals surface area (Å²) in [5.41, 5.74) is 0.335. The first-order valence-corrected chi connectivity index (χ1v) is 7.50. The van der Waals surface area contributed by atoms with Crippen LogP contribution in [0.5, 0.6) is 0 Å². The van der Waals surface area contributed by atoms with Crippen molar-refractivity contribution in [2.75, 3.05) is 19.3 Å². The lowest BCUT2D eigenvalue weighted by Crippen LogP contribution is -2.07. The number of carboxylic acid groups (broad SMARTS) is 2. The molecular weight excluding hydrogens is 286 g/mol. The van der Waals surface area contributed by atoms with Crippen LogP contribution < -0.4 is 0 Å². The second-order valence-corrected chi connectivity index (χ2v) is 6.23. The van der Waals surface area contributed by atoms with Gasteiger partial charge in [-0.15, -0.1) is 0 Å². The average molecular weight is 301 g/mol. The highest BCUT2D eigenvalue weighted by Gasteiger charge is 2.26. The van der Waals surface area contributed by atoms with Gasteiger partial charge in [0.2, 0.25) is 10.0 Å². The zero-order valence-corrected chi connectivity index (χ0v) is 11.8. The van der Waals surface area contributed by atoms with Gasteiger partial charge < -0.3 is 10.2 Å². The maximum atomic E-state index is 10.6. The monoisotopic (exact) mass is 301 g/mol. The molecule has 1 aliphatic rings. The van der Waals surface area contributed by atoms with Gasteiger partial charge >= 0.3 is 11.9 Å². The van der Waals surface area contributed by atoms with Crippen LogP contribution in [0.15, 0.2) is 18.2 Å². The van der Waals surface area contributed by atoms with E-state index in [4.69, 9.17) is 10.2 Å². The van der Waals surface area contributed by atoms with Crippen molar-refractivity contribution in [3.8, 4) is 0 Å². The van der Waals surface area contributed by atoms with Gasteiger partial charge in [-0.05, 0) is 24.6 Å². The quantitative estimate of drug-likeness (QED) is 0.793. The van der Waals surface area contributed by atoms with E-state index in [-0.39, 0.29) is 16.7 Å². The molecule has 1 aliphatic heterocycles. The molecule has 0 atom stereocenters. The first kappa shape index (κ1) is 16.1. The summed E-state index contributed by atoms with van der Waals surface area (Å²) in [7, 11) is -2.80. The van der Waals surface area contributed by atoms with Gasteiger partial charge in [0, 0.05) is 13.1 Å². The van der Waals surface area contributed by atoms with Crippen molar-refractivity contribution in [2.45, 2.75) is 6.92 Å². The number of carboxylic acids is 2. The minimum Gasteiger partial charge on any atom is -0.478 e. The van der Waals surface area contributed by atoms with E-state index in [1.54, 1.807) is 0 Å². The number of sulfonamides is 1. The van der Waals surface area contributed by atoms with Crippen LogP contribution in [0.1, 0.15) is 26.3 Å². The number of benzene rings is 1. The van der Waals surface area contributed by atoms with E-state index in [0.29, 0.717) is 0 Å². The Balaban J connectivity index is 0.000000240. The van der Waals surface area contributed by atoms with Crippen molar-refractivity contribution in [1.29, 1.82) is 0 Å². The summed E-state index contributed by atoms with van der Waals surface area (Å²) < 4.78 is 22.0. The smallest absolute Gasteiger partial charge is 0.335 e. The molecule has 0 bridgehead atoms. The van der Waals surface area contributed by atoms with E-state index in [9.17, 15) is 18.0 Å². The molecule has 0 aromatic heterocycles. The summed E-state index contributed by atoms with van der Waals surface area (Å²) in [6.45, 7) is 2.92. The minimum atomic E-state index is -2.80. The van der Waals surface area contributed by atoms with Crippen LogP contribution in [-0.4, -0.2) is 54.2 Å². The number of rotatable bonds is 3. The van der Waals surface area contributed by atoms with Crippen molar-refractivity contribution in [3.05, 3.63) is 34.9 Å². The van der Waals surface area contributed by atoms with Gasteiger partial charge in [-0.3, -0.25) is 0 Å². The number of nitrogens with zero attached hydrogens (tertiary/aromatic N) is 1. The lowest BCUT2D eigenvalue weighted by atomic mass is 10.0. The summed E-state index contributed by atoms with van der Waals surface area (Å²) in [4.78, 5) is 21.2. The lowest BCUT2D eigenvalue weighted by Gasteiger charge is -2.03. The molecule has 2 N–H and O–H groups in total. The molecule has 1 aromatic rings. The second kappa shape index (κ2) is 6.02. The standard InChI is InChI=1S/C9H8O4.C3H7NO2S/c1-5-6(8(10)11)3-2-4-7(5)9(12)13;1-7(5,6)4-2-3-4/h2-4H,1H3,(H,10,11)(H,12,13);2-3H2,1H3. The van der Waals surface area contributed by atoms with Crippen molar-refractivity contribution in [1.82, 2.24) is 4.31 Å². The molecule has 2 rings (SSSR count). The highest BCUT2D eigenvalue weighted by atomic mass is 32.2. The molecule has 0 spiro atoms. The molecule has 0 unspecified atom stereocenters. The van der Waals surface area contributed by atoms with Gasteiger partial charge in [0.1, 0.15) is 0 Å². The summed E-state index contributed by atoms with van der Waals surface area (Å²) in [5, 5.41) is 17.4. The maximum Gasteiger partial charge on any atom is 0.335 e. The Kier molecular flexibility index (Phi) is 4.85. The Morgan fingerprint density at radius 1 is 1.10 bits per heavy atom. The zero-order chi connectivity index (χ0) is 15.5. The first-order valence-electron chi connectivity index (χ1n) is 5.66. The maximum absolute atomic E-state index is 10.6. The third kappa shape index (κ3) is 4.32. The molecule has 20 heavy (non-hydrogen) atoms. The van der Waals surface area contributed by atoms with E-state index < -0.39 is 22.0 Å². The van der Waals surface area contributed by atoms with E-state index in [1.165, 1.54) is 35.7 Å². The Morgan fingerprint density at radius 2 is 1.50 bits per heavy atom. The predicted octanol–water partition coefficient (Wildman–Crippen LogP) is 0.653. The fraction of sp³-hybridized carbons (Fsp3) is 0.333. The molecule has 8 heteroatoms. The summed E-state index contributed by atoms with van der Waals surface area (Å²) >= 11 is 0. The summed E-state index contributed by atoms with van der Waals surface area (Å²) in [6, 6.07) is 4.17. The molecule has 1 aromatic carbocycles. The van der Waals surface area contributed by atoms with Gasteiger partial charge in [0.25, 0.3) is 0 Å². The van der Waals surface area contributed by atoms with Gasteiger partial charge in [-0.25, -0.2) is 18.0 Å². The van der Waals surface area contributed by atoms with E-state index >= 15 is 0 Å². The third-order valence-corrected chi connectivity index (χ3v) is 3.97. The molecule has 1 saturated heterocycles. The predicted molar refractivity (Wildman–Crippen MR) is 71.5 cm³/mol. The lowest BCUT2D eigenvalue weighted by molar-refractivity contribution is 0.0696. The summed E-state index contributed by atoms with van der Waals surface area (Å²) in [5.74, 6) is -2.22. The fourth-order valence-electron chi connectivity index (χ4n) is 1.47. The Labute approximate surface area is 116 Å². The topological polar surface area (TPSA) is 112 Å². The zero-order valence-electron chi connectivity index (χ0n) is 11.0. The van der Waals surface area contributed by atoms with Gasteiger partial charge in [-0.1, -0.05) is 6.07 Å². The van der Waals surface area contributed by atoms with E-state index in [2.05, 4.69) is 0 Å². The largest absolute Gasteiger partial charge is 0.478 e. The highest BCUT2D eigenvalue weighted by molar-refractivity contribution is 7.88. The normalized spacial score (nSPS) is 14.1. The van der Waals surface area contributed by atoms with Crippen LogP contribution in [0.3, 0.4) is 0 Å². The Morgan fingerprint density at radius 3 is 1.70 bits per heavy atom. The summed E-state index contributed by atoms with van der Waals surface area (Å²) in [6.07, 6.45) is 1.22. The van der Waals surface area contributed by atoms with E-state index in [0.717, 1.165) is 13.1 Å². The van der Waals surface area contributed by atoms with Crippen molar-refractivity contribution < 1.29 is 28.2 Å². The van der Waals surface area contributed by atoms with Gasteiger partial charge in [0.15, 0.2) is 0 Å². The van der Waals surface area contributed by atoms with Crippen molar-refractivity contribution in [3.63, 3.8) is 0 Å². The Bertz CT molecular complexity index is 601. The van der Waals surface area contributed by atoms with Crippen LogP contribution in [0, 0.1) is 6.92 Å². The highest BCUT2D eigenvalue weighted by Crippen LogP contribution is 2.13. The first-order chi connectivity index (χ1) is 9.14. The molecule has 1 heterocycles. The van der Waals surface area contributed by atoms with Crippen LogP contribution in [0.25, 0.3) is 0 Å².